The molecule has 1 aromatic heterocycles. The van der Waals surface area contributed by atoms with Crippen LogP contribution in [-0.2, 0) is 4.74 Å². The third-order valence-corrected chi connectivity index (χ3v) is 3.91. The second-order valence-corrected chi connectivity index (χ2v) is 7.71. The molecule has 1 aromatic rings. The van der Waals surface area contributed by atoms with Crippen molar-refractivity contribution in [3.63, 3.8) is 0 Å². The van der Waals surface area contributed by atoms with Crippen molar-refractivity contribution >= 4 is 11.9 Å². The summed E-state index contributed by atoms with van der Waals surface area (Å²) in [6.07, 6.45) is 3.57. The maximum atomic E-state index is 14.2. The molecule has 1 aliphatic heterocycles. The molecule has 0 N–H and O–H groups in total. The van der Waals surface area contributed by atoms with Gasteiger partial charge in [-0.1, -0.05) is 0 Å². The molecule has 7 heteroatoms. The number of rotatable bonds is 4. The first-order chi connectivity index (χ1) is 12.1. The van der Waals surface area contributed by atoms with Crippen molar-refractivity contribution in [2.75, 3.05) is 6.54 Å². The number of hydrogen-bond donors (Lipinski definition) is 0. The van der Waals surface area contributed by atoms with E-state index in [-0.39, 0.29) is 23.2 Å². The standard InChI is InChI=1S/C19H27FN2O4/c1-12(2)25-17-13(10-21-11-14(17)20)16(23)15-8-6-7-9-22(15)18(24)26-19(3,4)5/h10-12,15H,6-9H2,1-5H3/t15-/m1/s1. The highest BCUT2D eigenvalue weighted by Crippen LogP contribution is 2.29. The number of Topliss-reactive ketones (excluding diaryl/α,β-unsaturated/α-hetero) is 1. The first kappa shape index (κ1) is 20.1. The summed E-state index contributed by atoms with van der Waals surface area (Å²) in [6, 6.07) is -0.711. The molecule has 0 radical (unpaired) electrons. The first-order valence-corrected chi connectivity index (χ1v) is 8.94. The van der Waals surface area contributed by atoms with E-state index in [9.17, 15) is 14.0 Å². The highest BCUT2D eigenvalue weighted by Gasteiger charge is 2.36. The molecular weight excluding hydrogens is 339 g/mol. The van der Waals surface area contributed by atoms with E-state index in [4.69, 9.17) is 9.47 Å². The van der Waals surface area contributed by atoms with Crippen LogP contribution in [0.4, 0.5) is 9.18 Å². The fraction of sp³-hybridized carbons (Fsp3) is 0.632. The molecule has 0 bridgehead atoms. The lowest BCUT2D eigenvalue weighted by Crippen LogP contribution is -2.49. The molecule has 26 heavy (non-hydrogen) atoms. The molecule has 1 amide bonds. The summed E-state index contributed by atoms with van der Waals surface area (Å²) in [6.45, 7) is 9.25. The Morgan fingerprint density at radius 1 is 1.27 bits per heavy atom. The Bertz CT molecular complexity index is 670. The molecule has 0 spiro atoms. The predicted molar refractivity (Wildman–Crippen MR) is 94.9 cm³/mol. The van der Waals surface area contributed by atoms with Gasteiger partial charge in [0.1, 0.15) is 5.60 Å². The average molecular weight is 366 g/mol. The van der Waals surface area contributed by atoms with Crippen molar-refractivity contribution in [2.24, 2.45) is 0 Å². The van der Waals surface area contributed by atoms with Crippen LogP contribution in [0, 0.1) is 5.82 Å². The van der Waals surface area contributed by atoms with Crippen molar-refractivity contribution in [3.05, 3.63) is 23.8 Å². The zero-order valence-corrected chi connectivity index (χ0v) is 16.0. The lowest BCUT2D eigenvalue weighted by atomic mass is 9.95. The fourth-order valence-corrected chi connectivity index (χ4v) is 2.88. The Hall–Kier alpha value is -2.18. The zero-order chi connectivity index (χ0) is 19.5. The minimum absolute atomic E-state index is 0.0548. The summed E-state index contributed by atoms with van der Waals surface area (Å²) in [5.41, 5.74) is -0.604. The summed E-state index contributed by atoms with van der Waals surface area (Å²) in [7, 11) is 0. The van der Waals surface area contributed by atoms with E-state index < -0.39 is 23.6 Å². The molecule has 0 aromatic carbocycles. The molecule has 1 aliphatic rings. The molecule has 0 saturated carbocycles. The lowest BCUT2D eigenvalue weighted by Gasteiger charge is -2.36. The number of aromatic nitrogens is 1. The van der Waals surface area contributed by atoms with Gasteiger partial charge in [-0.3, -0.25) is 14.7 Å². The van der Waals surface area contributed by atoms with Crippen LogP contribution in [-0.4, -0.2) is 46.1 Å². The van der Waals surface area contributed by atoms with E-state index in [1.54, 1.807) is 34.6 Å². The Balaban J connectivity index is 2.31. The average Bonchev–Trinajstić information content (AvgIpc) is 2.54. The Labute approximate surface area is 153 Å². The van der Waals surface area contributed by atoms with E-state index in [2.05, 4.69) is 4.98 Å². The number of hydrogen-bond acceptors (Lipinski definition) is 5. The van der Waals surface area contributed by atoms with Gasteiger partial charge < -0.3 is 9.47 Å². The van der Waals surface area contributed by atoms with Crippen molar-refractivity contribution < 1.29 is 23.5 Å². The van der Waals surface area contributed by atoms with Crippen LogP contribution < -0.4 is 4.74 Å². The number of carbonyl (C=O) groups is 2. The maximum absolute atomic E-state index is 14.2. The van der Waals surface area contributed by atoms with Crippen molar-refractivity contribution in [3.8, 4) is 5.75 Å². The number of pyridine rings is 1. The van der Waals surface area contributed by atoms with Gasteiger partial charge in [-0.2, -0.15) is 0 Å². The second kappa shape index (κ2) is 8.01. The Kier molecular flexibility index (Phi) is 6.21. The summed E-state index contributed by atoms with van der Waals surface area (Å²) in [5.74, 6) is -1.18. The smallest absolute Gasteiger partial charge is 0.410 e. The van der Waals surface area contributed by atoms with Crippen LogP contribution in [0.25, 0.3) is 0 Å². The van der Waals surface area contributed by atoms with Gasteiger partial charge in [-0.15, -0.1) is 0 Å². The number of amides is 1. The highest BCUT2D eigenvalue weighted by molar-refractivity contribution is 6.03. The van der Waals surface area contributed by atoms with Crippen molar-refractivity contribution in [1.82, 2.24) is 9.88 Å². The fourth-order valence-electron chi connectivity index (χ4n) is 2.88. The number of nitrogens with zero attached hydrogens (tertiary/aromatic N) is 2. The number of ketones is 1. The number of carbonyl (C=O) groups excluding carboxylic acids is 2. The molecule has 1 saturated heterocycles. The topological polar surface area (TPSA) is 68.7 Å². The van der Waals surface area contributed by atoms with Gasteiger partial charge >= 0.3 is 6.09 Å². The highest BCUT2D eigenvalue weighted by atomic mass is 19.1. The summed E-state index contributed by atoms with van der Waals surface area (Å²) in [5, 5.41) is 0. The molecular formula is C19H27FN2O4. The van der Waals surface area contributed by atoms with E-state index in [1.807, 2.05) is 0 Å². The van der Waals surface area contributed by atoms with Crippen LogP contribution in [0.2, 0.25) is 0 Å². The molecule has 1 fully saturated rings. The van der Waals surface area contributed by atoms with Crippen molar-refractivity contribution in [1.29, 1.82) is 0 Å². The van der Waals surface area contributed by atoms with Crippen molar-refractivity contribution in [2.45, 2.75) is 71.6 Å². The van der Waals surface area contributed by atoms with E-state index in [1.165, 1.54) is 11.1 Å². The van der Waals surface area contributed by atoms with Gasteiger partial charge in [0.15, 0.2) is 17.3 Å². The Morgan fingerprint density at radius 2 is 1.96 bits per heavy atom. The predicted octanol–water partition coefficient (Wildman–Crippen LogP) is 3.98. The molecule has 6 nitrogen and oxygen atoms in total. The van der Waals surface area contributed by atoms with Gasteiger partial charge in [0.2, 0.25) is 0 Å². The van der Waals surface area contributed by atoms with Crippen LogP contribution in [0.3, 0.4) is 0 Å². The molecule has 2 heterocycles. The van der Waals surface area contributed by atoms with E-state index >= 15 is 0 Å². The number of ether oxygens (including phenoxy) is 2. The Morgan fingerprint density at radius 3 is 2.58 bits per heavy atom. The molecule has 0 aliphatic carbocycles. The van der Waals surface area contributed by atoms with Crippen LogP contribution in [0.15, 0.2) is 12.4 Å². The molecule has 0 unspecified atom stereocenters. The van der Waals surface area contributed by atoms with E-state index in [0.29, 0.717) is 13.0 Å². The maximum Gasteiger partial charge on any atom is 0.410 e. The molecule has 144 valence electrons. The quantitative estimate of drug-likeness (QED) is 0.754. The third-order valence-electron chi connectivity index (χ3n) is 3.91. The summed E-state index contributed by atoms with van der Waals surface area (Å²) >= 11 is 0. The van der Waals surface area contributed by atoms with Crippen LogP contribution in [0.1, 0.15) is 64.2 Å². The van der Waals surface area contributed by atoms with Gasteiger partial charge in [-0.05, 0) is 53.9 Å². The van der Waals surface area contributed by atoms with E-state index in [0.717, 1.165) is 19.0 Å². The van der Waals surface area contributed by atoms with Crippen LogP contribution in [0.5, 0.6) is 5.75 Å². The van der Waals surface area contributed by atoms with Gasteiger partial charge in [0, 0.05) is 12.7 Å². The first-order valence-electron chi connectivity index (χ1n) is 8.94. The second-order valence-electron chi connectivity index (χ2n) is 7.71. The van der Waals surface area contributed by atoms with Crippen LogP contribution >= 0.6 is 0 Å². The summed E-state index contributed by atoms with van der Waals surface area (Å²) in [4.78, 5) is 30.8. The minimum Gasteiger partial charge on any atom is -0.487 e. The van der Waals surface area contributed by atoms with Gasteiger partial charge in [0.25, 0.3) is 0 Å². The van der Waals surface area contributed by atoms with Gasteiger partial charge in [-0.25, -0.2) is 9.18 Å². The lowest BCUT2D eigenvalue weighted by molar-refractivity contribution is 0.0103. The normalized spacial score (nSPS) is 18.0. The molecule has 2 rings (SSSR count). The zero-order valence-electron chi connectivity index (χ0n) is 16.0. The SMILES string of the molecule is CC(C)Oc1c(F)cncc1C(=O)[C@H]1CCCCN1C(=O)OC(C)(C)C. The third kappa shape index (κ3) is 4.93. The largest absolute Gasteiger partial charge is 0.487 e. The van der Waals surface area contributed by atoms with Gasteiger partial charge in [0.05, 0.1) is 23.9 Å². The molecule has 1 atom stereocenters. The summed E-state index contributed by atoms with van der Waals surface area (Å²) < 4.78 is 25.1. The minimum atomic E-state index is -0.711. The monoisotopic (exact) mass is 366 g/mol. The number of piperidine rings is 1. The number of halogens is 1. The number of likely N-dealkylation sites (tertiary alicyclic amines) is 1.